The van der Waals surface area contributed by atoms with E-state index in [1.165, 1.54) is 28.0 Å². The molecule has 6 nitrogen and oxygen atoms in total. The van der Waals surface area contributed by atoms with E-state index in [1.807, 2.05) is 18.2 Å². The van der Waals surface area contributed by atoms with Crippen LogP contribution in [0.5, 0.6) is 5.75 Å². The van der Waals surface area contributed by atoms with Gasteiger partial charge < -0.3 is 9.84 Å². The minimum atomic E-state index is -0.718. The molecule has 0 amide bonds. The number of thiazole rings is 1. The lowest BCUT2D eigenvalue weighted by Gasteiger charge is -2.24. The van der Waals surface area contributed by atoms with Crippen molar-refractivity contribution in [3.63, 3.8) is 0 Å². The number of carbonyl (C=O) groups is 1. The van der Waals surface area contributed by atoms with Crippen LogP contribution in [-0.2, 0) is 9.53 Å². The van der Waals surface area contributed by atoms with Crippen molar-refractivity contribution in [2.45, 2.75) is 19.9 Å². The number of esters is 1. The largest absolute Gasteiger partial charge is 0.508 e. The quantitative estimate of drug-likeness (QED) is 0.614. The summed E-state index contributed by atoms with van der Waals surface area (Å²) in [7, 11) is 0. The van der Waals surface area contributed by atoms with Gasteiger partial charge >= 0.3 is 5.97 Å². The number of ether oxygens (including phenoxy) is 1. The van der Waals surface area contributed by atoms with Gasteiger partial charge in [-0.1, -0.05) is 53.3 Å². The Morgan fingerprint density at radius 2 is 1.97 bits per heavy atom. The Balaban J connectivity index is 1.97. The topological polar surface area (TPSA) is 80.9 Å². The number of aromatic nitrogens is 1. The summed E-state index contributed by atoms with van der Waals surface area (Å²) in [6.45, 7) is 3.65. The van der Waals surface area contributed by atoms with E-state index in [2.05, 4.69) is 4.99 Å². The molecular weight excluding hydrogens is 436 g/mol. The first kappa shape index (κ1) is 21.1. The molecule has 0 bridgehead atoms. The molecule has 1 N–H and O–H groups in total. The van der Waals surface area contributed by atoms with Gasteiger partial charge in [-0.25, -0.2) is 9.79 Å². The second-order valence-electron chi connectivity index (χ2n) is 6.92. The number of hydrogen-bond donors (Lipinski definition) is 1. The maximum absolute atomic E-state index is 13.4. The Morgan fingerprint density at radius 1 is 1.26 bits per heavy atom. The van der Waals surface area contributed by atoms with Crippen LogP contribution >= 0.6 is 22.9 Å². The molecule has 1 aromatic heterocycles. The van der Waals surface area contributed by atoms with Crippen LogP contribution in [0.15, 0.2) is 69.6 Å². The van der Waals surface area contributed by atoms with Crippen molar-refractivity contribution in [1.29, 1.82) is 0 Å². The third-order valence-corrected chi connectivity index (χ3v) is 6.24. The van der Waals surface area contributed by atoms with Crippen LogP contribution in [0, 0.1) is 0 Å². The third kappa shape index (κ3) is 3.94. The molecule has 0 radical (unpaired) electrons. The Morgan fingerprint density at radius 3 is 2.65 bits per heavy atom. The fraction of sp³-hybridized carbons (Fsp3) is 0.174. The molecule has 2 aromatic carbocycles. The van der Waals surface area contributed by atoms with E-state index >= 15 is 0 Å². The van der Waals surface area contributed by atoms with E-state index in [0.29, 0.717) is 31.2 Å². The van der Waals surface area contributed by atoms with Gasteiger partial charge in [-0.2, -0.15) is 0 Å². The second kappa shape index (κ2) is 8.53. The first-order valence-electron chi connectivity index (χ1n) is 9.64. The summed E-state index contributed by atoms with van der Waals surface area (Å²) >= 11 is 7.50. The minimum absolute atomic E-state index is 0.0910. The summed E-state index contributed by atoms with van der Waals surface area (Å²) in [6, 6.07) is 12.9. The molecule has 4 rings (SSSR count). The molecule has 1 unspecified atom stereocenters. The summed E-state index contributed by atoms with van der Waals surface area (Å²) in [5.74, 6) is -0.435. The van der Waals surface area contributed by atoms with E-state index < -0.39 is 12.0 Å². The lowest BCUT2D eigenvalue weighted by molar-refractivity contribution is -0.139. The number of phenolic OH excluding ortho intramolecular Hbond substituents is 1. The van der Waals surface area contributed by atoms with Gasteiger partial charge in [0.15, 0.2) is 4.80 Å². The molecule has 0 saturated heterocycles. The van der Waals surface area contributed by atoms with Gasteiger partial charge in [0.1, 0.15) is 5.75 Å². The Kier molecular flexibility index (Phi) is 5.80. The van der Waals surface area contributed by atoms with Crippen molar-refractivity contribution >= 4 is 35.0 Å². The van der Waals surface area contributed by atoms with E-state index in [0.717, 1.165) is 5.56 Å². The monoisotopic (exact) mass is 454 g/mol. The number of fused-ring (bicyclic) bond motifs is 1. The predicted molar refractivity (Wildman–Crippen MR) is 120 cm³/mol. The normalized spacial score (nSPS) is 16.1. The Labute approximate surface area is 187 Å². The summed E-state index contributed by atoms with van der Waals surface area (Å²) < 4.78 is 7.21. The molecule has 2 heterocycles. The van der Waals surface area contributed by atoms with Crippen LogP contribution in [0.25, 0.3) is 6.08 Å². The Hall–Kier alpha value is -3.16. The smallest absolute Gasteiger partial charge is 0.338 e. The first-order chi connectivity index (χ1) is 14.9. The van der Waals surface area contributed by atoms with Crippen LogP contribution in [0.4, 0.5) is 0 Å². The molecule has 0 saturated carbocycles. The molecule has 31 heavy (non-hydrogen) atoms. The number of halogens is 1. The summed E-state index contributed by atoms with van der Waals surface area (Å²) in [6.07, 6.45) is 1.73. The fourth-order valence-electron chi connectivity index (χ4n) is 3.50. The maximum atomic E-state index is 13.4. The van der Waals surface area contributed by atoms with Gasteiger partial charge in [-0.3, -0.25) is 9.36 Å². The number of phenols is 1. The number of nitrogens with zero attached hydrogens (tertiary/aromatic N) is 2. The molecule has 1 aliphatic heterocycles. The summed E-state index contributed by atoms with van der Waals surface area (Å²) in [5.41, 5.74) is 1.89. The third-order valence-electron chi connectivity index (χ3n) is 4.92. The van der Waals surface area contributed by atoms with Crippen LogP contribution in [0.2, 0.25) is 5.02 Å². The molecule has 158 valence electrons. The van der Waals surface area contributed by atoms with Gasteiger partial charge in [0.2, 0.25) is 0 Å². The van der Waals surface area contributed by atoms with E-state index in [1.54, 1.807) is 38.1 Å². The van der Waals surface area contributed by atoms with Crippen molar-refractivity contribution in [1.82, 2.24) is 4.57 Å². The molecule has 1 aliphatic rings. The molecule has 8 heteroatoms. The van der Waals surface area contributed by atoms with Gasteiger partial charge in [-0.15, -0.1) is 0 Å². The van der Waals surface area contributed by atoms with Gasteiger partial charge in [0, 0.05) is 5.02 Å². The number of aromatic hydroxyl groups is 1. The van der Waals surface area contributed by atoms with Crippen LogP contribution in [0.1, 0.15) is 31.0 Å². The number of hydrogen-bond acceptors (Lipinski definition) is 6. The number of allylic oxidation sites excluding steroid dienone is 1. The number of benzene rings is 2. The van der Waals surface area contributed by atoms with E-state index in [9.17, 15) is 14.7 Å². The maximum Gasteiger partial charge on any atom is 0.338 e. The van der Waals surface area contributed by atoms with Crippen LogP contribution < -0.4 is 14.9 Å². The molecular formula is C23H19ClN2O4S. The molecule has 0 spiro atoms. The zero-order chi connectivity index (χ0) is 22.1. The average molecular weight is 455 g/mol. The predicted octanol–water partition coefficient (Wildman–Crippen LogP) is 3.16. The zero-order valence-corrected chi connectivity index (χ0v) is 18.4. The van der Waals surface area contributed by atoms with Crippen LogP contribution in [-0.4, -0.2) is 22.2 Å². The highest BCUT2D eigenvalue weighted by atomic mass is 35.5. The van der Waals surface area contributed by atoms with Gasteiger partial charge in [0.25, 0.3) is 5.56 Å². The SMILES string of the molecule is CCOC(=O)C1=C(C)N=c2sc(=Cc3ccccc3Cl)c(=O)n2C1c1ccc(O)cc1. The molecule has 1 atom stereocenters. The van der Waals surface area contributed by atoms with Crippen molar-refractivity contribution in [3.05, 3.63) is 95.6 Å². The highest BCUT2D eigenvalue weighted by Crippen LogP contribution is 2.31. The fourth-order valence-corrected chi connectivity index (χ4v) is 4.72. The van der Waals surface area contributed by atoms with Gasteiger partial charge in [0.05, 0.1) is 28.5 Å². The summed E-state index contributed by atoms with van der Waals surface area (Å²) in [5, 5.41) is 10.2. The lowest BCUT2D eigenvalue weighted by Crippen LogP contribution is -2.39. The summed E-state index contributed by atoms with van der Waals surface area (Å²) in [4.78, 5) is 31.2. The van der Waals surface area contributed by atoms with Crippen molar-refractivity contribution in [2.75, 3.05) is 6.61 Å². The highest BCUT2D eigenvalue weighted by Gasteiger charge is 2.33. The Bertz CT molecular complexity index is 1370. The van der Waals surface area contributed by atoms with E-state index in [4.69, 9.17) is 16.3 Å². The second-order valence-corrected chi connectivity index (χ2v) is 8.33. The zero-order valence-electron chi connectivity index (χ0n) is 16.8. The minimum Gasteiger partial charge on any atom is -0.508 e. The lowest BCUT2D eigenvalue weighted by atomic mass is 9.96. The first-order valence-corrected chi connectivity index (χ1v) is 10.8. The highest BCUT2D eigenvalue weighted by molar-refractivity contribution is 7.07. The van der Waals surface area contributed by atoms with Gasteiger partial charge in [-0.05, 0) is 49.2 Å². The van der Waals surface area contributed by atoms with E-state index in [-0.39, 0.29) is 17.9 Å². The standard InChI is InChI=1S/C23H19ClN2O4S/c1-3-30-22(29)19-13(2)25-23-26(20(19)14-8-10-16(27)11-9-14)21(28)18(31-23)12-15-6-4-5-7-17(15)24/h4-12,20,27H,3H2,1-2H3. The average Bonchev–Trinajstić information content (AvgIpc) is 3.04. The molecule has 0 aliphatic carbocycles. The van der Waals surface area contributed by atoms with Crippen LogP contribution in [0.3, 0.4) is 0 Å². The molecule has 3 aromatic rings. The molecule has 0 fully saturated rings. The van der Waals surface area contributed by atoms with Crippen molar-refractivity contribution < 1.29 is 14.6 Å². The number of rotatable bonds is 4. The van der Waals surface area contributed by atoms with Crippen molar-refractivity contribution in [2.24, 2.45) is 4.99 Å². The van der Waals surface area contributed by atoms with Crippen molar-refractivity contribution in [3.8, 4) is 5.75 Å². The number of carbonyl (C=O) groups excluding carboxylic acids is 1.